The van der Waals surface area contributed by atoms with Gasteiger partial charge in [0.25, 0.3) is 5.91 Å². The zero-order chi connectivity index (χ0) is 20.2. The summed E-state index contributed by atoms with van der Waals surface area (Å²) in [7, 11) is 0. The smallest absolute Gasteiger partial charge is 0.263 e. The average molecular weight is 426 g/mol. The first-order valence-electron chi connectivity index (χ1n) is 8.64. The van der Waals surface area contributed by atoms with Crippen molar-refractivity contribution in [2.24, 2.45) is 0 Å². The van der Waals surface area contributed by atoms with Crippen molar-refractivity contribution < 1.29 is 13.7 Å². The largest absolute Gasteiger partial charge is 0.360 e. The standard InChI is InChI=1S/C20H15FN4O2S2/c1-12-16(17(25-27-12)13-7-3-2-4-8-13)18(26)22-19-23-24-20(29-19)28-11-14-9-5-6-10-15(14)21/h2-10H,11H2,1H3,(H,22,23,26). The van der Waals surface area contributed by atoms with E-state index < -0.39 is 0 Å². The molecule has 0 saturated carbocycles. The van der Waals surface area contributed by atoms with E-state index in [1.165, 1.54) is 29.2 Å². The first-order chi connectivity index (χ1) is 14.1. The summed E-state index contributed by atoms with van der Waals surface area (Å²) in [5, 5.41) is 15.2. The van der Waals surface area contributed by atoms with Crippen molar-refractivity contribution in [3.8, 4) is 11.3 Å². The molecule has 0 aliphatic carbocycles. The highest BCUT2D eigenvalue weighted by molar-refractivity contribution is 8.00. The number of amides is 1. The van der Waals surface area contributed by atoms with Gasteiger partial charge >= 0.3 is 0 Å². The molecule has 2 aromatic carbocycles. The van der Waals surface area contributed by atoms with Gasteiger partial charge in [0.15, 0.2) is 4.34 Å². The number of nitrogens with zero attached hydrogens (tertiary/aromatic N) is 3. The summed E-state index contributed by atoms with van der Waals surface area (Å²) in [5.74, 6) is 0.219. The molecule has 0 aliphatic rings. The third-order valence-corrected chi connectivity index (χ3v) is 6.09. The second kappa shape index (κ2) is 8.54. The van der Waals surface area contributed by atoms with Crippen LogP contribution in [-0.4, -0.2) is 21.3 Å². The predicted molar refractivity (Wildman–Crippen MR) is 110 cm³/mol. The zero-order valence-corrected chi connectivity index (χ0v) is 16.9. The van der Waals surface area contributed by atoms with Crippen molar-refractivity contribution in [3.05, 3.63) is 77.3 Å². The number of hydrogen-bond acceptors (Lipinski definition) is 7. The molecule has 29 heavy (non-hydrogen) atoms. The van der Waals surface area contributed by atoms with Gasteiger partial charge in [-0.1, -0.05) is 76.8 Å². The Balaban J connectivity index is 1.46. The lowest BCUT2D eigenvalue weighted by atomic mass is 10.1. The number of thioether (sulfide) groups is 1. The molecule has 1 amide bonds. The monoisotopic (exact) mass is 426 g/mol. The van der Waals surface area contributed by atoms with Crippen LogP contribution in [0, 0.1) is 12.7 Å². The number of rotatable bonds is 6. The van der Waals surface area contributed by atoms with E-state index in [1.54, 1.807) is 25.1 Å². The minimum absolute atomic E-state index is 0.255. The maximum absolute atomic E-state index is 13.7. The molecule has 0 atom stereocenters. The summed E-state index contributed by atoms with van der Waals surface area (Å²) in [6.45, 7) is 1.68. The molecule has 2 aromatic heterocycles. The van der Waals surface area contributed by atoms with E-state index in [4.69, 9.17) is 4.52 Å². The molecule has 2 heterocycles. The zero-order valence-electron chi connectivity index (χ0n) is 15.3. The summed E-state index contributed by atoms with van der Waals surface area (Å²) in [6, 6.07) is 15.9. The molecule has 6 nitrogen and oxygen atoms in total. The number of carbonyl (C=O) groups is 1. The van der Waals surface area contributed by atoms with E-state index >= 15 is 0 Å². The van der Waals surface area contributed by atoms with E-state index in [-0.39, 0.29) is 11.7 Å². The number of carbonyl (C=O) groups excluding carboxylic acids is 1. The summed E-state index contributed by atoms with van der Waals surface area (Å²) >= 11 is 2.59. The second-order valence-electron chi connectivity index (χ2n) is 6.04. The Kier molecular flexibility index (Phi) is 5.68. The summed E-state index contributed by atoms with van der Waals surface area (Å²) in [5.41, 5.74) is 2.20. The summed E-state index contributed by atoms with van der Waals surface area (Å²) in [4.78, 5) is 12.8. The van der Waals surface area contributed by atoms with Crippen LogP contribution in [0.5, 0.6) is 0 Å². The lowest BCUT2D eigenvalue weighted by molar-refractivity contribution is 0.102. The van der Waals surface area contributed by atoms with Crippen molar-refractivity contribution in [3.63, 3.8) is 0 Å². The van der Waals surface area contributed by atoms with Crippen molar-refractivity contribution >= 4 is 34.1 Å². The maximum Gasteiger partial charge on any atom is 0.263 e. The molecule has 0 fully saturated rings. The van der Waals surface area contributed by atoms with Crippen molar-refractivity contribution in [2.75, 3.05) is 5.32 Å². The first kappa shape index (κ1) is 19.3. The van der Waals surface area contributed by atoms with Crippen molar-refractivity contribution in [2.45, 2.75) is 17.0 Å². The summed E-state index contributed by atoms with van der Waals surface area (Å²) in [6.07, 6.45) is 0. The highest BCUT2D eigenvalue weighted by Gasteiger charge is 2.22. The minimum Gasteiger partial charge on any atom is -0.360 e. The van der Waals surface area contributed by atoms with Gasteiger partial charge in [0.1, 0.15) is 22.8 Å². The molecule has 0 aliphatic heterocycles. The molecule has 0 unspecified atom stereocenters. The van der Waals surface area contributed by atoms with E-state index in [9.17, 15) is 9.18 Å². The van der Waals surface area contributed by atoms with Crippen LogP contribution in [0.3, 0.4) is 0 Å². The highest BCUT2D eigenvalue weighted by atomic mass is 32.2. The third kappa shape index (κ3) is 4.36. The van der Waals surface area contributed by atoms with Crippen LogP contribution in [0.25, 0.3) is 11.3 Å². The molecular formula is C20H15FN4O2S2. The lowest BCUT2D eigenvalue weighted by Gasteiger charge is -2.02. The Labute approximate surface area is 174 Å². The van der Waals surface area contributed by atoms with Crippen LogP contribution >= 0.6 is 23.1 Å². The number of benzene rings is 2. The van der Waals surface area contributed by atoms with Crippen LogP contribution in [-0.2, 0) is 5.75 Å². The number of hydrogen-bond donors (Lipinski definition) is 1. The number of aromatic nitrogens is 3. The quantitative estimate of drug-likeness (QED) is 0.338. The topological polar surface area (TPSA) is 80.9 Å². The Hall–Kier alpha value is -3.04. The summed E-state index contributed by atoms with van der Waals surface area (Å²) < 4.78 is 19.6. The SMILES string of the molecule is Cc1onc(-c2ccccc2)c1C(=O)Nc1nnc(SCc2ccccc2F)s1. The molecule has 0 saturated heterocycles. The number of nitrogens with one attached hydrogen (secondary N) is 1. The van der Waals surface area contributed by atoms with Crippen molar-refractivity contribution in [1.29, 1.82) is 0 Å². The van der Waals surface area contributed by atoms with Gasteiger partial charge in [0.05, 0.1) is 0 Å². The third-order valence-electron chi connectivity index (χ3n) is 4.07. The van der Waals surface area contributed by atoms with Gasteiger partial charge in [-0.15, -0.1) is 10.2 Å². The fourth-order valence-electron chi connectivity index (χ4n) is 2.67. The van der Waals surface area contributed by atoms with Crippen LogP contribution in [0.2, 0.25) is 0 Å². The van der Waals surface area contributed by atoms with E-state index in [2.05, 4.69) is 20.7 Å². The van der Waals surface area contributed by atoms with Gasteiger partial charge in [0, 0.05) is 11.3 Å². The molecule has 0 spiro atoms. The highest BCUT2D eigenvalue weighted by Crippen LogP contribution is 2.30. The molecule has 146 valence electrons. The fourth-order valence-corrected chi connectivity index (χ4v) is 4.40. The Morgan fingerprint density at radius 3 is 2.69 bits per heavy atom. The molecule has 0 radical (unpaired) electrons. The molecule has 1 N–H and O–H groups in total. The van der Waals surface area contributed by atoms with Crippen LogP contribution in [0.4, 0.5) is 9.52 Å². The Morgan fingerprint density at radius 2 is 1.90 bits per heavy atom. The molecule has 4 rings (SSSR count). The van der Waals surface area contributed by atoms with Crippen molar-refractivity contribution in [1.82, 2.24) is 15.4 Å². The normalized spacial score (nSPS) is 10.8. The number of aryl methyl sites for hydroxylation is 1. The first-order valence-corrected chi connectivity index (χ1v) is 10.4. The van der Waals surface area contributed by atoms with Crippen LogP contribution < -0.4 is 5.32 Å². The maximum atomic E-state index is 13.7. The van der Waals surface area contributed by atoms with Gasteiger partial charge in [-0.2, -0.15) is 0 Å². The van der Waals surface area contributed by atoms with Gasteiger partial charge < -0.3 is 4.52 Å². The van der Waals surface area contributed by atoms with Gasteiger partial charge in [-0.3, -0.25) is 10.1 Å². The molecule has 0 bridgehead atoms. The second-order valence-corrected chi connectivity index (χ2v) is 8.24. The van der Waals surface area contributed by atoms with Crippen LogP contribution in [0.1, 0.15) is 21.7 Å². The van der Waals surface area contributed by atoms with E-state index in [1.807, 2.05) is 30.3 Å². The Bertz CT molecular complexity index is 1140. The fraction of sp³-hybridized carbons (Fsp3) is 0.100. The number of halogens is 1. The predicted octanol–water partition coefficient (Wildman–Crippen LogP) is 5.19. The minimum atomic E-state index is -0.371. The average Bonchev–Trinajstić information content (AvgIpc) is 3.34. The van der Waals surface area contributed by atoms with Crippen LogP contribution in [0.15, 0.2) is 63.5 Å². The van der Waals surface area contributed by atoms with Gasteiger partial charge in [-0.25, -0.2) is 4.39 Å². The van der Waals surface area contributed by atoms with E-state index in [0.717, 1.165) is 5.56 Å². The lowest BCUT2D eigenvalue weighted by Crippen LogP contribution is -2.13. The molecular weight excluding hydrogens is 411 g/mol. The van der Waals surface area contributed by atoms with E-state index in [0.29, 0.717) is 37.8 Å². The molecule has 4 aromatic rings. The number of anilines is 1. The van der Waals surface area contributed by atoms with Gasteiger partial charge in [0.2, 0.25) is 5.13 Å². The van der Waals surface area contributed by atoms with Gasteiger partial charge in [-0.05, 0) is 18.6 Å². The molecule has 9 heteroatoms. The Morgan fingerprint density at radius 1 is 1.14 bits per heavy atom.